The Morgan fingerprint density at radius 2 is 1.79 bits per heavy atom. The molecule has 2 aliphatic rings. The summed E-state index contributed by atoms with van der Waals surface area (Å²) in [4.78, 5) is 17.0. The van der Waals surface area contributed by atoms with Crippen LogP contribution in [0.5, 0.6) is 17.2 Å². The van der Waals surface area contributed by atoms with E-state index in [0.29, 0.717) is 42.2 Å². The standard InChI is InChI=1S/C24H27N5O4S/c1-27-23(21-15-32-19-9-5-6-10-20(19)33-21)25-26-24(27)34-16-22(30)29-13-11-28(12-14-29)17-7-3-4-8-18(17)31-2/h3-10,21H,11-16H2,1-2H3. The van der Waals surface area contributed by atoms with Crippen LogP contribution >= 0.6 is 11.8 Å². The Kier molecular flexibility index (Phi) is 6.48. The minimum absolute atomic E-state index is 0.0976. The highest BCUT2D eigenvalue weighted by atomic mass is 32.2. The summed E-state index contributed by atoms with van der Waals surface area (Å²) < 4.78 is 19.2. The molecule has 0 aliphatic carbocycles. The molecule has 1 fully saturated rings. The van der Waals surface area contributed by atoms with Crippen LogP contribution in [0.3, 0.4) is 0 Å². The van der Waals surface area contributed by atoms with Crippen LogP contribution < -0.4 is 19.1 Å². The fraction of sp³-hybridized carbons (Fsp3) is 0.375. The van der Waals surface area contributed by atoms with E-state index in [2.05, 4.69) is 21.2 Å². The third-order valence-electron chi connectivity index (χ3n) is 6.05. The van der Waals surface area contributed by atoms with E-state index in [1.807, 2.05) is 59.0 Å². The van der Waals surface area contributed by atoms with Crippen LogP contribution in [0.4, 0.5) is 5.69 Å². The summed E-state index contributed by atoms with van der Waals surface area (Å²) in [6.07, 6.45) is -0.347. The molecule has 0 N–H and O–H groups in total. The number of carbonyl (C=O) groups is 1. The third-order valence-corrected chi connectivity index (χ3v) is 7.05. The molecule has 0 bridgehead atoms. The topological polar surface area (TPSA) is 82.0 Å². The molecule has 1 amide bonds. The number of rotatable bonds is 6. The second-order valence-electron chi connectivity index (χ2n) is 8.09. The lowest BCUT2D eigenvalue weighted by Gasteiger charge is -2.36. The van der Waals surface area contributed by atoms with Gasteiger partial charge in [-0.15, -0.1) is 10.2 Å². The molecule has 5 rings (SSSR count). The molecule has 2 aromatic carbocycles. The summed E-state index contributed by atoms with van der Waals surface area (Å²) in [6.45, 7) is 3.25. The van der Waals surface area contributed by atoms with Crippen molar-refractivity contribution >= 4 is 23.4 Å². The normalized spacial score (nSPS) is 17.5. The number of aromatic nitrogens is 3. The van der Waals surface area contributed by atoms with Crippen LogP contribution in [0.25, 0.3) is 0 Å². The fourth-order valence-corrected chi connectivity index (χ4v) is 5.01. The van der Waals surface area contributed by atoms with Gasteiger partial charge in [0.1, 0.15) is 12.4 Å². The van der Waals surface area contributed by atoms with Gasteiger partial charge in [0.2, 0.25) is 5.91 Å². The number of fused-ring (bicyclic) bond motifs is 1. The van der Waals surface area contributed by atoms with Crippen LogP contribution in [-0.2, 0) is 11.8 Å². The van der Waals surface area contributed by atoms with E-state index in [-0.39, 0.29) is 12.0 Å². The average Bonchev–Trinajstić information content (AvgIpc) is 3.27. The zero-order valence-electron chi connectivity index (χ0n) is 19.2. The first-order chi connectivity index (χ1) is 16.6. The summed E-state index contributed by atoms with van der Waals surface area (Å²) in [5.41, 5.74) is 1.06. The van der Waals surface area contributed by atoms with Crippen molar-refractivity contribution in [2.75, 3.05) is 50.5 Å². The number of methoxy groups -OCH3 is 1. The van der Waals surface area contributed by atoms with E-state index >= 15 is 0 Å². The predicted octanol–water partition coefficient (Wildman–Crippen LogP) is 2.78. The number of anilines is 1. The van der Waals surface area contributed by atoms with Crippen LogP contribution in [0, 0.1) is 0 Å². The maximum absolute atomic E-state index is 12.9. The molecule has 1 aromatic heterocycles. The molecule has 0 saturated carbocycles. The first-order valence-corrected chi connectivity index (χ1v) is 12.2. The molecule has 178 valence electrons. The van der Waals surface area contributed by atoms with Crippen LogP contribution in [0.15, 0.2) is 53.7 Å². The number of ether oxygens (including phenoxy) is 3. The minimum atomic E-state index is -0.347. The maximum atomic E-state index is 12.9. The maximum Gasteiger partial charge on any atom is 0.233 e. The largest absolute Gasteiger partial charge is 0.495 e. The van der Waals surface area contributed by atoms with Crippen molar-refractivity contribution in [2.24, 2.45) is 7.05 Å². The molecular weight excluding hydrogens is 454 g/mol. The van der Waals surface area contributed by atoms with Crippen molar-refractivity contribution in [1.29, 1.82) is 0 Å². The molecule has 10 heteroatoms. The second kappa shape index (κ2) is 9.84. The Labute approximate surface area is 202 Å². The van der Waals surface area contributed by atoms with Crippen molar-refractivity contribution in [3.8, 4) is 17.2 Å². The van der Waals surface area contributed by atoms with Gasteiger partial charge in [-0.2, -0.15) is 0 Å². The molecule has 3 aromatic rings. The van der Waals surface area contributed by atoms with Crippen LogP contribution in [-0.4, -0.2) is 71.2 Å². The van der Waals surface area contributed by atoms with Gasteiger partial charge in [0.15, 0.2) is 28.6 Å². The van der Waals surface area contributed by atoms with E-state index < -0.39 is 0 Å². The number of para-hydroxylation sites is 4. The summed E-state index contributed by atoms with van der Waals surface area (Å²) in [7, 11) is 3.57. The number of hydrogen-bond acceptors (Lipinski definition) is 8. The SMILES string of the molecule is COc1ccccc1N1CCN(C(=O)CSc2nnc(C3COc4ccccc4O3)n2C)CC1. The van der Waals surface area contributed by atoms with Gasteiger partial charge in [-0.25, -0.2) is 0 Å². The Morgan fingerprint density at radius 3 is 2.59 bits per heavy atom. The number of carbonyl (C=O) groups excluding carboxylic acids is 1. The molecule has 0 spiro atoms. The third kappa shape index (κ3) is 4.50. The van der Waals surface area contributed by atoms with Gasteiger partial charge in [0.05, 0.1) is 18.6 Å². The van der Waals surface area contributed by atoms with Gasteiger partial charge in [0.25, 0.3) is 0 Å². The van der Waals surface area contributed by atoms with Crippen molar-refractivity contribution in [3.05, 3.63) is 54.4 Å². The van der Waals surface area contributed by atoms with Gasteiger partial charge >= 0.3 is 0 Å². The Morgan fingerprint density at radius 1 is 1.06 bits per heavy atom. The first-order valence-electron chi connectivity index (χ1n) is 11.2. The summed E-state index contributed by atoms with van der Waals surface area (Å²) in [5.74, 6) is 3.36. The molecule has 1 saturated heterocycles. The second-order valence-corrected chi connectivity index (χ2v) is 9.03. The molecule has 9 nitrogen and oxygen atoms in total. The number of benzene rings is 2. The molecular formula is C24H27N5O4S. The quantitative estimate of drug-likeness (QED) is 0.497. The average molecular weight is 482 g/mol. The number of piperazine rings is 1. The minimum Gasteiger partial charge on any atom is -0.495 e. The lowest BCUT2D eigenvalue weighted by Crippen LogP contribution is -2.49. The highest BCUT2D eigenvalue weighted by molar-refractivity contribution is 7.99. The van der Waals surface area contributed by atoms with Crippen molar-refractivity contribution in [1.82, 2.24) is 19.7 Å². The Bertz CT molecular complexity index is 1160. The molecule has 34 heavy (non-hydrogen) atoms. The van der Waals surface area contributed by atoms with E-state index in [4.69, 9.17) is 14.2 Å². The lowest BCUT2D eigenvalue weighted by atomic mass is 10.2. The number of hydrogen-bond donors (Lipinski definition) is 0. The molecule has 2 aliphatic heterocycles. The fourth-order valence-electron chi connectivity index (χ4n) is 4.18. The number of nitrogens with zero attached hydrogens (tertiary/aromatic N) is 5. The van der Waals surface area contributed by atoms with E-state index in [1.54, 1.807) is 7.11 Å². The van der Waals surface area contributed by atoms with Gasteiger partial charge in [-0.1, -0.05) is 36.0 Å². The zero-order valence-corrected chi connectivity index (χ0v) is 20.0. The summed E-state index contributed by atoms with van der Waals surface area (Å²) >= 11 is 1.39. The first kappa shape index (κ1) is 22.4. The van der Waals surface area contributed by atoms with Gasteiger partial charge in [-0.3, -0.25) is 4.79 Å². The smallest absolute Gasteiger partial charge is 0.233 e. The van der Waals surface area contributed by atoms with Crippen molar-refractivity contribution in [3.63, 3.8) is 0 Å². The number of amides is 1. The van der Waals surface area contributed by atoms with Crippen LogP contribution in [0.1, 0.15) is 11.9 Å². The Hall–Kier alpha value is -3.40. The predicted molar refractivity (Wildman–Crippen MR) is 129 cm³/mol. The van der Waals surface area contributed by atoms with Gasteiger partial charge < -0.3 is 28.6 Å². The van der Waals surface area contributed by atoms with Crippen molar-refractivity contribution in [2.45, 2.75) is 11.3 Å². The number of thioether (sulfide) groups is 1. The zero-order chi connectivity index (χ0) is 23.5. The monoisotopic (exact) mass is 481 g/mol. The lowest BCUT2D eigenvalue weighted by molar-refractivity contribution is -0.128. The molecule has 1 atom stereocenters. The van der Waals surface area contributed by atoms with Gasteiger partial charge in [-0.05, 0) is 24.3 Å². The highest BCUT2D eigenvalue weighted by Gasteiger charge is 2.28. The highest BCUT2D eigenvalue weighted by Crippen LogP contribution is 2.36. The van der Waals surface area contributed by atoms with Crippen LogP contribution in [0.2, 0.25) is 0 Å². The van der Waals surface area contributed by atoms with E-state index in [0.717, 1.165) is 30.3 Å². The summed E-state index contributed by atoms with van der Waals surface area (Å²) in [5, 5.41) is 9.27. The summed E-state index contributed by atoms with van der Waals surface area (Å²) in [6, 6.07) is 15.6. The molecule has 0 radical (unpaired) electrons. The van der Waals surface area contributed by atoms with Gasteiger partial charge in [0, 0.05) is 33.2 Å². The Balaban J connectivity index is 1.15. The van der Waals surface area contributed by atoms with Crippen molar-refractivity contribution < 1.29 is 19.0 Å². The molecule has 1 unspecified atom stereocenters. The van der Waals surface area contributed by atoms with E-state index in [9.17, 15) is 4.79 Å². The van der Waals surface area contributed by atoms with E-state index in [1.165, 1.54) is 11.8 Å². The molecule has 3 heterocycles.